The molecule has 0 spiro atoms. The lowest BCUT2D eigenvalue weighted by Crippen LogP contribution is -2.38. The van der Waals surface area contributed by atoms with Crippen LogP contribution in [0.3, 0.4) is 0 Å². The summed E-state index contributed by atoms with van der Waals surface area (Å²) in [5.41, 5.74) is 11.3. The van der Waals surface area contributed by atoms with Crippen molar-refractivity contribution in [3.05, 3.63) is 60.0 Å². The Morgan fingerprint density at radius 1 is 1.00 bits per heavy atom. The molecule has 0 amide bonds. The van der Waals surface area contributed by atoms with Gasteiger partial charge in [0.25, 0.3) is 0 Å². The maximum atomic E-state index is 13.1. The molecule has 1 aromatic carbocycles. The SMILES string of the molecule is Cc1cc(-c2cc(-c3cc(S(=O)(=O)NC4CCC(CO)CC4)ccc3C)cnc2N)ccn1. The second-order valence-electron chi connectivity index (χ2n) is 8.84. The number of aliphatic hydroxyl groups excluding tert-OH is 1. The highest BCUT2D eigenvalue weighted by molar-refractivity contribution is 7.89. The van der Waals surface area contributed by atoms with Crippen molar-refractivity contribution < 1.29 is 13.5 Å². The first-order valence-electron chi connectivity index (χ1n) is 11.2. The van der Waals surface area contributed by atoms with Gasteiger partial charge < -0.3 is 10.8 Å². The second kappa shape index (κ2) is 9.59. The number of sulfonamides is 1. The van der Waals surface area contributed by atoms with Gasteiger partial charge in [0.05, 0.1) is 4.90 Å². The van der Waals surface area contributed by atoms with Gasteiger partial charge in [-0.2, -0.15) is 0 Å². The van der Waals surface area contributed by atoms with Crippen LogP contribution in [0.15, 0.2) is 53.7 Å². The number of aliphatic hydroxyl groups is 1. The van der Waals surface area contributed by atoms with E-state index in [0.29, 0.717) is 5.82 Å². The number of anilines is 1. The Bertz CT molecular complexity index is 1250. The monoisotopic (exact) mass is 466 g/mol. The molecule has 0 unspecified atom stereocenters. The minimum absolute atomic E-state index is 0.109. The van der Waals surface area contributed by atoms with E-state index < -0.39 is 10.0 Å². The van der Waals surface area contributed by atoms with Crippen LogP contribution in [0.5, 0.6) is 0 Å². The van der Waals surface area contributed by atoms with Crippen LogP contribution in [-0.2, 0) is 10.0 Å². The first-order valence-corrected chi connectivity index (χ1v) is 12.7. The van der Waals surface area contributed by atoms with Crippen molar-refractivity contribution in [2.75, 3.05) is 12.3 Å². The van der Waals surface area contributed by atoms with Gasteiger partial charge in [-0.15, -0.1) is 0 Å². The number of hydrogen-bond donors (Lipinski definition) is 3. The summed E-state index contributed by atoms with van der Waals surface area (Å²) in [6.07, 6.45) is 6.54. The van der Waals surface area contributed by atoms with Crippen LogP contribution in [0.2, 0.25) is 0 Å². The summed E-state index contributed by atoms with van der Waals surface area (Å²) >= 11 is 0. The molecule has 0 saturated heterocycles. The Labute approximate surface area is 195 Å². The standard InChI is InChI=1S/C25H30N4O3S/c1-16-3-8-22(33(31,32)29-21-6-4-18(15-30)5-7-21)13-23(16)20-12-24(25(26)28-14-20)19-9-10-27-17(2)11-19/h3,8-14,18,21,29-30H,4-7,15H2,1-2H3,(H2,26,28). The Morgan fingerprint density at radius 3 is 2.45 bits per heavy atom. The summed E-state index contributed by atoms with van der Waals surface area (Å²) in [6.45, 7) is 4.03. The van der Waals surface area contributed by atoms with E-state index >= 15 is 0 Å². The van der Waals surface area contributed by atoms with Crippen molar-refractivity contribution in [1.82, 2.24) is 14.7 Å². The maximum Gasteiger partial charge on any atom is 0.240 e. The maximum absolute atomic E-state index is 13.1. The fraction of sp³-hybridized carbons (Fsp3) is 0.360. The molecule has 3 aromatic rings. The van der Waals surface area contributed by atoms with Crippen LogP contribution < -0.4 is 10.5 Å². The third-order valence-electron chi connectivity index (χ3n) is 6.38. The molecule has 174 valence electrons. The molecular formula is C25H30N4O3S. The number of nitrogens with two attached hydrogens (primary N) is 1. The van der Waals surface area contributed by atoms with Gasteiger partial charge in [-0.3, -0.25) is 4.98 Å². The number of nitrogen functional groups attached to an aromatic ring is 1. The predicted molar refractivity (Wildman–Crippen MR) is 130 cm³/mol. The van der Waals surface area contributed by atoms with E-state index in [9.17, 15) is 13.5 Å². The minimum Gasteiger partial charge on any atom is -0.396 e. The molecule has 1 aliphatic carbocycles. The second-order valence-corrected chi connectivity index (χ2v) is 10.6. The molecule has 7 nitrogen and oxygen atoms in total. The van der Waals surface area contributed by atoms with Gasteiger partial charge in [0, 0.05) is 41.9 Å². The number of pyridine rings is 2. The molecule has 4 rings (SSSR count). The third kappa shape index (κ3) is 5.24. The van der Waals surface area contributed by atoms with E-state index in [2.05, 4.69) is 14.7 Å². The van der Waals surface area contributed by atoms with Crippen LogP contribution in [0.4, 0.5) is 5.82 Å². The lowest BCUT2D eigenvalue weighted by Gasteiger charge is -2.27. The average molecular weight is 467 g/mol. The van der Waals surface area contributed by atoms with Crippen molar-refractivity contribution in [3.63, 3.8) is 0 Å². The van der Waals surface area contributed by atoms with Gasteiger partial charge in [0.1, 0.15) is 5.82 Å². The smallest absolute Gasteiger partial charge is 0.240 e. The van der Waals surface area contributed by atoms with E-state index in [0.717, 1.165) is 59.2 Å². The summed E-state index contributed by atoms with van der Waals surface area (Å²) in [4.78, 5) is 8.84. The van der Waals surface area contributed by atoms with Crippen molar-refractivity contribution in [1.29, 1.82) is 0 Å². The molecule has 8 heteroatoms. The average Bonchev–Trinajstić information content (AvgIpc) is 2.80. The van der Waals surface area contributed by atoms with Crippen LogP contribution in [0, 0.1) is 19.8 Å². The molecule has 0 radical (unpaired) electrons. The molecule has 0 bridgehead atoms. The summed E-state index contributed by atoms with van der Waals surface area (Å²) in [5.74, 6) is 0.680. The van der Waals surface area contributed by atoms with Gasteiger partial charge in [0.2, 0.25) is 10.0 Å². The number of nitrogens with one attached hydrogen (secondary N) is 1. The highest BCUT2D eigenvalue weighted by Crippen LogP contribution is 2.33. The lowest BCUT2D eigenvalue weighted by atomic mass is 9.87. The zero-order valence-electron chi connectivity index (χ0n) is 19.0. The number of benzene rings is 1. The van der Waals surface area contributed by atoms with Crippen LogP contribution in [0.1, 0.15) is 36.9 Å². The zero-order valence-corrected chi connectivity index (χ0v) is 19.8. The fourth-order valence-corrected chi connectivity index (χ4v) is 5.73. The van der Waals surface area contributed by atoms with E-state index in [1.165, 1.54) is 0 Å². The molecule has 33 heavy (non-hydrogen) atoms. The summed E-state index contributed by atoms with van der Waals surface area (Å²) in [7, 11) is -3.67. The summed E-state index contributed by atoms with van der Waals surface area (Å²) in [6, 6.07) is 10.8. The van der Waals surface area contributed by atoms with Crippen molar-refractivity contribution in [2.24, 2.45) is 5.92 Å². The highest BCUT2D eigenvalue weighted by Gasteiger charge is 2.26. The molecule has 2 aromatic heterocycles. The first kappa shape index (κ1) is 23.4. The normalized spacial score (nSPS) is 18.9. The quantitative estimate of drug-likeness (QED) is 0.508. The molecule has 2 heterocycles. The summed E-state index contributed by atoms with van der Waals surface area (Å²) < 4.78 is 29.1. The molecule has 0 aliphatic heterocycles. The largest absolute Gasteiger partial charge is 0.396 e. The highest BCUT2D eigenvalue weighted by atomic mass is 32.2. The summed E-state index contributed by atoms with van der Waals surface area (Å²) in [5, 5.41) is 9.32. The fourth-order valence-electron chi connectivity index (χ4n) is 4.40. The van der Waals surface area contributed by atoms with Crippen molar-refractivity contribution >= 4 is 15.8 Å². The zero-order chi connectivity index (χ0) is 23.6. The number of aryl methyl sites for hydroxylation is 2. The third-order valence-corrected chi connectivity index (χ3v) is 7.90. The van der Waals surface area contributed by atoms with Crippen LogP contribution in [-0.4, -0.2) is 36.1 Å². The topological polar surface area (TPSA) is 118 Å². The van der Waals surface area contributed by atoms with Gasteiger partial charge >= 0.3 is 0 Å². The van der Waals surface area contributed by atoms with E-state index in [4.69, 9.17) is 5.73 Å². The van der Waals surface area contributed by atoms with Crippen molar-refractivity contribution in [3.8, 4) is 22.3 Å². The number of hydrogen-bond acceptors (Lipinski definition) is 6. The molecular weight excluding hydrogens is 436 g/mol. The van der Waals surface area contributed by atoms with Gasteiger partial charge in [0.15, 0.2) is 0 Å². The van der Waals surface area contributed by atoms with E-state index in [1.807, 2.05) is 38.1 Å². The predicted octanol–water partition coefficient (Wildman–Crippen LogP) is 3.84. The van der Waals surface area contributed by atoms with Crippen LogP contribution >= 0.6 is 0 Å². The number of rotatable bonds is 6. The first-order chi connectivity index (χ1) is 15.8. The minimum atomic E-state index is -3.67. The van der Waals surface area contributed by atoms with Crippen LogP contribution in [0.25, 0.3) is 22.3 Å². The van der Waals surface area contributed by atoms with Gasteiger partial charge in [-0.05, 0) is 92.5 Å². The van der Waals surface area contributed by atoms with Crippen molar-refractivity contribution in [2.45, 2.75) is 50.5 Å². The molecule has 1 aliphatic rings. The van der Waals surface area contributed by atoms with Gasteiger partial charge in [-0.1, -0.05) is 6.07 Å². The molecule has 4 N–H and O–H groups in total. The van der Waals surface area contributed by atoms with E-state index in [-0.39, 0.29) is 23.5 Å². The number of aromatic nitrogens is 2. The lowest BCUT2D eigenvalue weighted by molar-refractivity contribution is 0.180. The Hall–Kier alpha value is -2.81. The van der Waals surface area contributed by atoms with E-state index in [1.54, 1.807) is 24.5 Å². The molecule has 1 fully saturated rings. The molecule has 0 atom stereocenters. The Morgan fingerprint density at radius 2 is 1.76 bits per heavy atom. The number of nitrogens with zero attached hydrogens (tertiary/aromatic N) is 2. The van der Waals surface area contributed by atoms with Gasteiger partial charge in [-0.25, -0.2) is 18.1 Å². The Balaban J connectivity index is 1.65. The Kier molecular flexibility index (Phi) is 6.78. The molecule has 1 saturated carbocycles.